The molecule has 1 saturated heterocycles. The van der Waals surface area contributed by atoms with E-state index >= 15 is 0 Å². The number of aromatic nitrogens is 2. The smallest absolute Gasteiger partial charge is 0.254 e. The number of ether oxygens (including phenoxy) is 1. The van der Waals surface area contributed by atoms with E-state index in [0.29, 0.717) is 43.1 Å². The van der Waals surface area contributed by atoms with Crippen molar-refractivity contribution in [1.82, 2.24) is 14.9 Å². The standard InChI is InChI=1S/C27H23N5O2/c1-34-21-10-8-19(9-11-21)25-17-23(22-6-2-3-7-24(22)30-25)27(33)32-15-13-31(14-16-32)26-20(18-28)5-4-12-29-26/h2-12,17H,13-16H2,1H3. The third-order valence-electron chi connectivity index (χ3n) is 6.11. The van der Waals surface area contributed by atoms with Crippen LogP contribution in [0.15, 0.2) is 72.9 Å². The van der Waals surface area contributed by atoms with Crippen molar-refractivity contribution in [2.24, 2.45) is 0 Å². The summed E-state index contributed by atoms with van der Waals surface area (Å²) in [7, 11) is 1.63. The van der Waals surface area contributed by atoms with Crippen molar-refractivity contribution in [3.63, 3.8) is 0 Å². The van der Waals surface area contributed by atoms with Gasteiger partial charge in [0, 0.05) is 43.3 Å². The van der Waals surface area contributed by atoms with Gasteiger partial charge in [-0.05, 0) is 48.5 Å². The van der Waals surface area contributed by atoms with Crippen LogP contribution in [0.4, 0.5) is 5.82 Å². The van der Waals surface area contributed by atoms with E-state index in [0.717, 1.165) is 27.9 Å². The van der Waals surface area contributed by atoms with Crippen LogP contribution >= 0.6 is 0 Å². The van der Waals surface area contributed by atoms with Gasteiger partial charge in [-0.25, -0.2) is 9.97 Å². The highest BCUT2D eigenvalue weighted by Crippen LogP contribution is 2.28. The molecule has 34 heavy (non-hydrogen) atoms. The number of pyridine rings is 2. The molecule has 2 aromatic heterocycles. The van der Waals surface area contributed by atoms with E-state index < -0.39 is 0 Å². The number of piperazine rings is 1. The quantitative estimate of drug-likeness (QED) is 0.466. The largest absolute Gasteiger partial charge is 0.497 e. The predicted octanol–water partition coefficient (Wildman–Crippen LogP) is 4.14. The van der Waals surface area contributed by atoms with E-state index in [1.165, 1.54) is 0 Å². The summed E-state index contributed by atoms with van der Waals surface area (Å²) in [5.74, 6) is 1.42. The maximum atomic E-state index is 13.7. The number of nitrogens with zero attached hydrogens (tertiary/aromatic N) is 5. The molecule has 0 saturated carbocycles. The van der Waals surface area contributed by atoms with Gasteiger partial charge < -0.3 is 14.5 Å². The number of hydrogen-bond donors (Lipinski definition) is 0. The number of methoxy groups -OCH3 is 1. The third-order valence-corrected chi connectivity index (χ3v) is 6.11. The van der Waals surface area contributed by atoms with Crippen LogP contribution in [0.1, 0.15) is 15.9 Å². The summed E-state index contributed by atoms with van der Waals surface area (Å²) in [6.07, 6.45) is 1.69. The number of para-hydroxylation sites is 1. The molecule has 2 aromatic carbocycles. The first-order valence-corrected chi connectivity index (χ1v) is 11.1. The van der Waals surface area contributed by atoms with Crippen molar-refractivity contribution >= 4 is 22.6 Å². The minimum absolute atomic E-state index is 0.0189. The van der Waals surface area contributed by atoms with Gasteiger partial charge in [0.25, 0.3) is 5.91 Å². The Morgan fingerprint density at radius 2 is 1.76 bits per heavy atom. The molecule has 0 spiro atoms. The highest BCUT2D eigenvalue weighted by molar-refractivity contribution is 6.07. The molecule has 1 fully saturated rings. The van der Waals surface area contributed by atoms with Gasteiger partial charge in [0.05, 0.1) is 29.4 Å². The van der Waals surface area contributed by atoms with Crippen LogP contribution in [0.2, 0.25) is 0 Å². The van der Waals surface area contributed by atoms with Crippen LogP contribution in [0.5, 0.6) is 5.75 Å². The third kappa shape index (κ3) is 4.02. The second-order valence-corrected chi connectivity index (χ2v) is 8.07. The molecule has 1 amide bonds. The predicted molar refractivity (Wildman–Crippen MR) is 131 cm³/mol. The Morgan fingerprint density at radius 1 is 1.00 bits per heavy atom. The lowest BCUT2D eigenvalue weighted by atomic mass is 10.0. The van der Waals surface area contributed by atoms with Gasteiger partial charge in [-0.1, -0.05) is 18.2 Å². The molecule has 0 aliphatic carbocycles. The fraction of sp³-hybridized carbons (Fsp3) is 0.185. The summed E-state index contributed by atoms with van der Waals surface area (Å²) >= 11 is 0. The molecule has 3 heterocycles. The van der Waals surface area contributed by atoms with E-state index in [9.17, 15) is 10.1 Å². The van der Waals surface area contributed by atoms with Crippen LogP contribution in [-0.2, 0) is 0 Å². The Labute approximate surface area is 197 Å². The summed E-state index contributed by atoms with van der Waals surface area (Å²) in [5, 5.41) is 10.2. The molecule has 0 atom stereocenters. The second-order valence-electron chi connectivity index (χ2n) is 8.07. The Bertz CT molecular complexity index is 1390. The number of amides is 1. The van der Waals surface area contributed by atoms with Crippen molar-refractivity contribution in [3.8, 4) is 23.1 Å². The fourth-order valence-corrected chi connectivity index (χ4v) is 4.29. The number of carbonyl (C=O) groups excluding carboxylic acids is 1. The van der Waals surface area contributed by atoms with E-state index in [2.05, 4.69) is 16.0 Å². The number of benzene rings is 2. The minimum atomic E-state index is -0.0189. The molecule has 168 valence electrons. The monoisotopic (exact) mass is 449 g/mol. The first-order valence-electron chi connectivity index (χ1n) is 11.1. The van der Waals surface area contributed by atoms with E-state index in [-0.39, 0.29) is 5.91 Å². The summed E-state index contributed by atoms with van der Waals surface area (Å²) in [6, 6.07) is 23.0. The van der Waals surface area contributed by atoms with Crippen LogP contribution in [0.3, 0.4) is 0 Å². The number of carbonyl (C=O) groups is 1. The van der Waals surface area contributed by atoms with Crippen molar-refractivity contribution in [2.45, 2.75) is 0 Å². The van der Waals surface area contributed by atoms with Gasteiger partial charge in [0.15, 0.2) is 0 Å². The van der Waals surface area contributed by atoms with Gasteiger partial charge in [0.1, 0.15) is 17.6 Å². The lowest BCUT2D eigenvalue weighted by Gasteiger charge is -2.36. The maximum absolute atomic E-state index is 13.7. The SMILES string of the molecule is COc1ccc(-c2cc(C(=O)N3CCN(c4ncccc4C#N)CC3)c3ccccc3n2)cc1. The lowest BCUT2D eigenvalue weighted by molar-refractivity contribution is 0.0748. The minimum Gasteiger partial charge on any atom is -0.497 e. The van der Waals surface area contributed by atoms with Gasteiger partial charge in [-0.3, -0.25) is 4.79 Å². The Balaban J connectivity index is 1.43. The van der Waals surface area contributed by atoms with Crippen molar-refractivity contribution in [3.05, 3.63) is 84.1 Å². The van der Waals surface area contributed by atoms with Crippen LogP contribution < -0.4 is 9.64 Å². The zero-order valence-corrected chi connectivity index (χ0v) is 18.8. The molecule has 0 N–H and O–H groups in total. The molecular weight excluding hydrogens is 426 g/mol. The molecule has 1 aliphatic rings. The van der Waals surface area contributed by atoms with E-state index in [1.54, 1.807) is 25.4 Å². The summed E-state index contributed by atoms with van der Waals surface area (Å²) in [6.45, 7) is 2.33. The highest BCUT2D eigenvalue weighted by atomic mass is 16.5. The lowest BCUT2D eigenvalue weighted by Crippen LogP contribution is -2.49. The second kappa shape index (κ2) is 9.20. The molecule has 0 unspecified atom stereocenters. The van der Waals surface area contributed by atoms with Crippen molar-refractivity contribution in [2.75, 3.05) is 38.2 Å². The van der Waals surface area contributed by atoms with Crippen molar-refractivity contribution in [1.29, 1.82) is 5.26 Å². The summed E-state index contributed by atoms with van der Waals surface area (Å²) < 4.78 is 5.26. The molecule has 0 bridgehead atoms. The summed E-state index contributed by atoms with van der Waals surface area (Å²) in [5.41, 5.74) is 3.64. The van der Waals surface area contributed by atoms with E-state index in [4.69, 9.17) is 9.72 Å². The highest BCUT2D eigenvalue weighted by Gasteiger charge is 2.26. The Hall–Kier alpha value is -4.44. The van der Waals surface area contributed by atoms with Gasteiger partial charge in [-0.2, -0.15) is 5.26 Å². The van der Waals surface area contributed by atoms with Gasteiger partial charge in [-0.15, -0.1) is 0 Å². The van der Waals surface area contributed by atoms with Gasteiger partial charge >= 0.3 is 0 Å². The maximum Gasteiger partial charge on any atom is 0.254 e. The molecule has 1 aliphatic heterocycles. The molecule has 4 aromatic rings. The fourth-order valence-electron chi connectivity index (χ4n) is 4.29. The average Bonchev–Trinajstić information content (AvgIpc) is 2.92. The number of hydrogen-bond acceptors (Lipinski definition) is 6. The normalized spacial score (nSPS) is 13.5. The first-order chi connectivity index (χ1) is 16.7. The molecule has 0 radical (unpaired) electrons. The zero-order valence-electron chi connectivity index (χ0n) is 18.8. The van der Waals surface area contributed by atoms with Gasteiger partial charge in [0.2, 0.25) is 0 Å². The molecular formula is C27H23N5O2. The Kier molecular flexibility index (Phi) is 5.79. The van der Waals surface area contributed by atoms with Crippen LogP contribution in [0.25, 0.3) is 22.2 Å². The Morgan fingerprint density at radius 3 is 2.50 bits per heavy atom. The zero-order chi connectivity index (χ0) is 23.5. The van der Waals surface area contributed by atoms with Crippen molar-refractivity contribution < 1.29 is 9.53 Å². The molecule has 7 nitrogen and oxygen atoms in total. The molecule has 7 heteroatoms. The first kappa shape index (κ1) is 21.4. The molecule has 5 rings (SSSR count). The van der Waals surface area contributed by atoms with Crippen LogP contribution in [-0.4, -0.2) is 54.1 Å². The number of nitriles is 1. The number of fused-ring (bicyclic) bond motifs is 1. The number of rotatable bonds is 4. The number of anilines is 1. The topological polar surface area (TPSA) is 82.4 Å². The van der Waals surface area contributed by atoms with Crippen LogP contribution in [0, 0.1) is 11.3 Å². The summed E-state index contributed by atoms with van der Waals surface area (Å²) in [4.78, 5) is 26.8. The van der Waals surface area contributed by atoms with E-state index in [1.807, 2.05) is 59.5 Å². The average molecular weight is 450 g/mol.